The Morgan fingerprint density at radius 1 is 0.816 bits per heavy atom. The van der Waals surface area contributed by atoms with Gasteiger partial charge in [-0.1, -0.05) is 25.5 Å². The van der Waals surface area contributed by atoms with Crippen molar-refractivity contribution in [1.82, 2.24) is 19.8 Å². The van der Waals surface area contributed by atoms with Crippen molar-refractivity contribution in [2.24, 2.45) is 5.92 Å². The number of anilines is 2. The van der Waals surface area contributed by atoms with E-state index in [1.807, 2.05) is 0 Å². The molecule has 38 heavy (non-hydrogen) atoms. The molecule has 2 aliphatic heterocycles. The van der Waals surface area contributed by atoms with Crippen LogP contribution in [0.15, 0.2) is 61.2 Å². The van der Waals surface area contributed by atoms with Crippen LogP contribution in [0.4, 0.5) is 11.4 Å². The molecule has 10 nitrogen and oxygen atoms in total. The summed E-state index contributed by atoms with van der Waals surface area (Å²) in [5, 5.41) is 25.5. The summed E-state index contributed by atoms with van der Waals surface area (Å²) < 4.78 is 0. The fraction of sp³-hybridized carbons (Fsp3) is 0.286. The summed E-state index contributed by atoms with van der Waals surface area (Å²) >= 11 is 0. The first kappa shape index (κ1) is 26.5. The number of hydrogen-bond donors (Lipinski definition) is 4. The lowest BCUT2D eigenvalue weighted by Gasteiger charge is -2.19. The standard InChI is InChI=1S/C28H32N6O4/c1-4-5-22(27-29-10-12-33(27)16-25(37)31-20-8-6-18(2)23(35)14-20)28-30-11-13-34(28)17-26(38)32-21-9-7-19(3)24(36)15-21/h6-15,22,35-36H,4-5,16-17H2,1-3H3,(H,31,37)(H,32,38)/q+2. The Bertz CT molecular complexity index is 1250. The number of phenols is 2. The first-order chi connectivity index (χ1) is 18.2. The van der Waals surface area contributed by atoms with Crippen molar-refractivity contribution < 1.29 is 19.8 Å². The second-order valence-electron chi connectivity index (χ2n) is 9.27. The molecule has 0 spiro atoms. The zero-order chi connectivity index (χ0) is 27.2. The molecule has 0 saturated heterocycles. The van der Waals surface area contributed by atoms with Gasteiger partial charge in [-0.25, -0.2) is 9.80 Å². The largest absolute Gasteiger partial charge is 0.508 e. The maximum absolute atomic E-state index is 12.8. The second-order valence-corrected chi connectivity index (χ2v) is 9.27. The number of aliphatic imine (C=N–C) groups is 2. The molecular formula is C28H32N6O4+2. The molecule has 2 heterocycles. The first-order valence-corrected chi connectivity index (χ1v) is 12.5. The van der Waals surface area contributed by atoms with Gasteiger partial charge in [0.1, 0.15) is 23.9 Å². The van der Waals surface area contributed by atoms with E-state index >= 15 is 0 Å². The van der Waals surface area contributed by atoms with Gasteiger partial charge in [-0.05, 0) is 53.5 Å². The minimum absolute atomic E-state index is 0.0301. The van der Waals surface area contributed by atoms with Crippen molar-refractivity contribution in [2.45, 2.75) is 33.6 Å². The van der Waals surface area contributed by atoms with Gasteiger partial charge in [-0.2, -0.15) is 0 Å². The SMILES string of the molecule is CCCC(C1=[N+]C=CN1CC(=O)Nc1ccc(C)c(O)c1)C1=[N+]C=CN1CC(=O)Nc1ccc(C)c(O)c1. The lowest BCUT2D eigenvalue weighted by atomic mass is 9.99. The maximum atomic E-state index is 12.8. The Kier molecular flexibility index (Phi) is 8.10. The molecule has 0 atom stereocenters. The minimum Gasteiger partial charge on any atom is -0.508 e. The van der Waals surface area contributed by atoms with Crippen LogP contribution in [0.1, 0.15) is 30.9 Å². The van der Waals surface area contributed by atoms with Gasteiger partial charge in [-0.3, -0.25) is 9.59 Å². The Morgan fingerprint density at radius 3 is 1.66 bits per heavy atom. The van der Waals surface area contributed by atoms with E-state index < -0.39 is 0 Å². The van der Waals surface area contributed by atoms with Gasteiger partial charge < -0.3 is 20.8 Å². The molecule has 4 rings (SSSR count). The van der Waals surface area contributed by atoms with E-state index in [4.69, 9.17) is 0 Å². The molecule has 0 aromatic heterocycles. The maximum Gasteiger partial charge on any atom is 0.314 e. The Hall–Kier alpha value is -4.60. The van der Waals surface area contributed by atoms with E-state index in [0.717, 1.165) is 24.0 Å². The molecule has 2 aromatic carbocycles. The fourth-order valence-corrected chi connectivity index (χ4v) is 4.28. The number of amides is 2. The molecule has 4 N–H and O–H groups in total. The van der Waals surface area contributed by atoms with Crippen LogP contribution in [0.5, 0.6) is 11.5 Å². The summed E-state index contributed by atoms with van der Waals surface area (Å²) in [5.74, 6) is 0.819. The highest BCUT2D eigenvalue weighted by Gasteiger charge is 2.44. The molecule has 0 unspecified atom stereocenters. The zero-order valence-electron chi connectivity index (χ0n) is 21.7. The van der Waals surface area contributed by atoms with Gasteiger partial charge in [0.05, 0.1) is 0 Å². The second kappa shape index (κ2) is 11.6. The van der Waals surface area contributed by atoms with Crippen molar-refractivity contribution in [3.05, 3.63) is 72.3 Å². The predicted octanol–water partition coefficient (Wildman–Crippen LogP) is 2.75. The number of nitrogens with zero attached hydrogens (tertiary/aromatic N) is 4. The number of carbonyl (C=O) groups is 2. The predicted molar refractivity (Wildman–Crippen MR) is 147 cm³/mol. The summed E-state index contributed by atoms with van der Waals surface area (Å²) in [4.78, 5) is 38.2. The van der Waals surface area contributed by atoms with Crippen LogP contribution in [0.2, 0.25) is 0 Å². The minimum atomic E-state index is -0.258. The number of hydrogen-bond acceptors (Lipinski definition) is 8. The topological polar surface area (TPSA) is 133 Å². The smallest absolute Gasteiger partial charge is 0.314 e. The number of carbonyl (C=O) groups excluding carboxylic acids is 2. The van der Waals surface area contributed by atoms with Crippen LogP contribution in [-0.2, 0) is 9.59 Å². The van der Waals surface area contributed by atoms with Crippen LogP contribution >= 0.6 is 0 Å². The Labute approximate surface area is 221 Å². The number of aryl methyl sites for hydroxylation is 2. The molecule has 0 saturated carbocycles. The molecule has 2 amide bonds. The lowest BCUT2D eigenvalue weighted by molar-refractivity contribution is -0.117. The highest BCUT2D eigenvalue weighted by Crippen LogP contribution is 2.23. The molecular weight excluding hydrogens is 484 g/mol. The summed E-state index contributed by atoms with van der Waals surface area (Å²) in [6.45, 7) is 5.69. The van der Waals surface area contributed by atoms with Gasteiger partial charge in [-0.15, -0.1) is 0 Å². The van der Waals surface area contributed by atoms with E-state index in [1.165, 1.54) is 12.1 Å². The average Bonchev–Trinajstić information content (AvgIpc) is 3.52. The molecule has 196 valence electrons. The molecule has 0 fully saturated rings. The fourth-order valence-electron chi connectivity index (χ4n) is 4.28. The van der Waals surface area contributed by atoms with Crippen molar-refractivity contribution in [1.29, 1.82) is 0 Å². The average molecular weight is 517 g/mol. The Balaban J connectivity index is 1.42. The number of benzene rings is 2. The van der Waals surface area contributed by atoms with Crippen molar-refractivity contribution in [2.75, 3.05) is 23.7 Å². The van der Waals surface area contributed by atoms with Gasteiger partial charge >= 0.3 is 11.7 Å². The Morgan fingerprint density at radius 2 is 1.26 bits per heavy atom. The van der Waals surface area contributed by atoms with E-state index in [1.54, 1.807) is 72.7 Å². The van der Waals surface area contributed by atoms with Gasteiger partial charge in [0.25, 0.3) is 11.8 Å². The third-order valence-corrected chi connectivity index (χ3v) is 6.31. The molecule has 2 aromatic rings. The van der Waals surface area contributed by atoms with Crippen molar-refractivity contribution in [3.63, 3.8) is 0 Å². The summed E-state index contributed by atoms with van der Waals surface area (Å²) in [6, 6.07) is 9.98. The summed E-state index contributed by atoms with van der Waals surface area (Å²) in [5.41, 5.74) is 2.47. The van der Waals surface area contributed by atoms with Crippen molar-refractivity contribution in [3.8, 4) is 11.5 Å². The lowest BCUT2D eigenvalue weighted by Crippen LogP contribution is -2.46. The number of amidine groups is 2. The van der Waals surface area contributed by atoms with E-state index in [-0.39, 0.29) is 42.3 Å². The van der Waals surface area contributed by atoms with Crippen LogP contribution in [0.3, 0.4) is 0 Å². The highest BCUT2D eigenvalue weighted by molar-refractivity contribution is 6.09. The normalized spacial score (nSPS) is 14.2. The summed E-state index contributed by atoms with van der Waals surface area (Å²) in [6.07, 6.45) is 8.34. The molecule has 2 radical (unpaired) electrons. The van der Waals surface area contributed by atoms with Crippen LogP contribution < -0.4 is 20.6 Å². The molecule has 2 aliphatic rings. The molecule has 0 aliphatic carbocycles. The monoisotopic (exact) mass is 516 g/mol. The quantitative estimate of drug-likeness (QED) is 0.384. The zero-order valence-corrected chi connectivity index (χ0v) is 21.7. The molecule has 0 bridgehead atoms. The number of aromatic hydroxyl groups is 2. The molecule has 10 heteroatoms. The van der Waals surface area contributed by atoms with Gasteiger partial charge in [0.15, 0.2) is 31.4 Å². The third kappa shape index (κ3) is 6.20. The number of nitrogens with one attached hydrogen (secondary N) is 2. The number of rotatable bonds is 10. The van der Waals surface area contributed by atoms with Crippen LogP contribution in [0, 0.1) is 19.8 Å². The third-order valence-electron chi connectivity index (χ3n) is 6.31. The van der Waals surface area contributed by atoms with Crippen LogP contribution in [-0.4, -0.2) is 56.6 Å². The van der Waals surface area contributed by atoms with Crippen molar-refractivity contribution >= 4 is 34.9 Å². The number of phenolic OH excluding ortho intramolecular Hbond substituents is 2. The van der Waals surface area contributed by atoms with Gasteiger partial charge in [0.2, 0.25) is 0 Å². The van der Waals surface area contributed by atoms with E-state index in [2.05, 4.69) is 27.5 Å². The summed E-state index contributed by atoms with van der Waals surface area (Å²) in [7, 11) is 0. The first-order valence-electron chi connectivity index (χ1n) is 12.5. The van der Waals surface area contributed by atoms with E-state index in [9.17, 15) is 19.8 Å². The highest BCUT2D eigenvalue weighted by atomic mass is 16.3. The van der Waals surface area contributed by atoms with Gasteiger partial charge in [0, 0.05) is 23.5 Å². The van der Waals surface area contributed by atoms with E-state index in [0.29, 0.717) is 23.0 Å². The van der Waals surface area contributed by atoms with Crippen LogP contribution in [0.25, 0.3) is 0 Å².